The summed E-state index contributed by atoms with van der Waals surface area (Å²) >= 11 is 0. The largest absolute Gasteiger partial charge is 0.368 e. The Bertz CT molecular complexity index is 1510. The molecule has 1 aromatic heterocycles. The summed E-state index contributed by atoms with van der Waals surface area (Å²) in [6.45, 7) is 8.45. The second kappa shape index (κ2) is 8.20. The molecule has 1 aliphatic rings. The number of aromatic nitrogens is 2. The molecule has 0 aliphatic carbocycles. The monoisotopic (exact) mass is 465 g/mol. The molecular weight excluding hydrogens is 438 g/mol. The lowest BCUT2D eigenvalue weighted by Crippen LogP contribution is -2.32. The fraction of sp³-hybridized carbons (Fsp3) is 0.214. The number of anilines is 3. The molecule has 7 nitrogen and oxygen atoms in total. The van der Waals surface area contributed by atoms with E-state index in [2.05, 4.69) is 29.1 Å². The molecule has 0 radical (unpaired) electrons. The molecule has 7 heteroatoms. The summed E-state index contributed by atoms with van der Waals surface area (Å²) in [5, 5.41) is 3.87. The molecule has 0 fully saturated rings. The number of fused-ring (bicyclic) bond motifs is 2. The van der Waals surface area contributed by atoms with Crippen molar-refractivity contribution >= 4 is 40.0 Å². The second-order valence-electron chi connectivity index (χ2n) is 9.71. The molecule has 0 unspecified atom stereocenters. The standard InChI is InChI=1S/C28H27N5O2/c1-16-5-6-19(12-22(16)18-7-10-24-20(11-18)14-30-27(29)32-24)26(35)31-21-8-9-23-25(13-21)33(17(2)34)15-28(23,3)4/h5-14H,15H2,1-4H3,(H,31,35)(H2,29,30,32). The van der Waals surface area contributed by atoms with E-state index in [0.717, 1.165) is 38.8 Å². The number of carbonyl (C=O) groups is 2. The Hall–Kier alpha value is -4.26. The molecule has 5 rings (SSSR count). The third-order valence-electron chi connectivity index (χ3n) is 6.62. The van der Waals surface area contributed by atoms with Crippen LogP contribution >= 0.6 is 0 Å². The van der Waals surface area contributed by atoms with Crippen molar-refractivity contribution in [2.24, 2.45) is 0 Å². The summed E-state index contributed by atoms with van der Waals surface area (Å²) in [6.07, 6.45) is 1.70. The Morgan fingerprint density at radius 3 is 2.63 bits per heavy atom. The number of aryl methyl sites for hydroxylation is 1. The average Bonchev–Trinajstić information content (AvgIpc) is 3.09. The van der Waals surface area contributed by atoms with E-state index in [1.165, 1.54) is 0 Å². The number of carbonyl (C=O) groups excluding carboxylic acids is 2. The minimum atomic E-state index is -0.213. The summed E-state index contributed by atoms with van der Waals surface area (Å²) in [6, 6.07) is 17.3. The van der Waals surface area contributed by atoms with Crippen LogP contribution in [-0.2, 0) is 10.2 Å². The number of rotatable bonds is 3. The van der Waals surface area contributed by atoms with Gasteiger partial charge in [-0.25, -0.2) is 9.97 Å². The van der Waals surface area contributed by atoms with E-state index in [1.54, 1.807) is 18.0 Å². The van der Waals surface area contributed by atoms with Crippen LogP contribution in [0.25, 0.3) is 22.0 Å². The molecule has 176 valence electrons. The Labute approximate surface area is 204 Å². The highest BCUT2D eigenvalue weighted by molar-refractivity contribution is 6.06. The first-order valence-corrected chi connectivity index (χ1v) is 11.5. The lowest BCUT2D eigenvalue weighted by molar-refractivity contribution is -0.116. The van der Waals surface area contributed by atoms with Gasteiger partial charge in [0.1, 0.15) is 0 Å². The molecule has 0 bridgehead atoms. The van der Waals surface area contributed by atoms with Crippen molar-refractivity contribution in [1.29, 1.82) is 0 Å². The molecule has 2 heterocycles. The highest BCUT2D eigenvalue weighted by Crippen LogP contribution is 2.42. The zero-order valence-electron chi connectivity index (χ0n) is 20.2. The van der Waals surface area contributed by atoms with Gasteiger partial charge in [0.2, 0.25) is 11.9 Å². The van der Waals surface area contributed by atoms with Crippen LogP contribution in [0.3, 0.4) is 0 Å². The number of nitrogen functional groups attached to an aromatic ring is 1. The van der Waals surface area contributed by atoms with E-state index < -0.39 is 0 Å². The quantitative estimate of drug-likeness (QED) is 0.439. The zero-order valence-corrected chi connectivity index (χ0v) is 20.2. The highest BCUT2D eigenvalue weighted by Gasteiger charge is 2.36. The van der Waals surface area contributed by atoms with Crippen molar-refractivity contribution in [3.63, 3.8) is 0 Å². The number of nitrogens with two attached hydrogens (primary N) is 1. The molecule has 35 heavy (non-hydrogen) atoms. The van der Waals surface area contributed by atoms with Gasteiger partial charge in [-0.2, -0.15) is 0 Å². The number of hydrogen-bond donors (Lipinski definition) is 2. The average molecular weight is 466 g/mol. The predicted molar refractivity (Wildman–Crippen MR) is 140 cm³/mol. The Morgan fingerprint density at radius 1 is 1.06 bits per heavy atom. The highest BCUT2D eigenvalue weighted by atomic mass is 16.2. The first-order valence-electron chi connectivity index (χ1n) is 11.5. The third kappa shape index (κ3) is 4.10. The second-order valence-corrected chi connectivity index (χ2v) is 9.71. The molecule has 0 saturated carbocycles. The van der Waals surface area contributed by atoms with E-state index in [1.807, 2.05) is 61.5 Å². The van der Waals surface area contributed by atoms with Crippen LogP contribution in [-0.4, -0.2) is 28.3 Å². The first kappa shape index (κ1) is 22.5. The fourth-order valence-corrected chi connectivity index (χ4v) is 4.74. The first-order chi connectivity index (χ1) is 16.6. The van der Waals surface area contributed by atoms with Gasteiger partial charge < -0.3 is 16.0 Å². The van der Waals surface area contributed by atoms with Crippen molar-refractivity contribution in [3.05, 3.63) is 77.5 Å². The number of amides is 2. The predicted octanol–water partition coefficient (Wildman–Crippen LogP) is 5.08. The van der Waals surface area contributed by atoms with Gasteiger partial charge in [0.05, 0.1) is 5.52 Å². The van der Waals surface area contributed by atoms with Crippen LogP contribution in [0.1, 0.15) is 42.3 Å². The summed E-state index contributed by atoms with van der Waals surface area (Å²) in [4.78, 5) is 35.5. The topological polar surface area (TPSA) is 101 Å². The van der Waals surface area contributed by atoms with Crippen LogP contribution in [0, 0.1) is 6.92 Å². The SMILES string of the molecule is CC(=O)N1CC(C)(C)c2ccc(NC(=O)c3ccc(C)c(-c4ccc5nc(N)ncc5c4)c3)cc21. The normalized spacial score (nSPS) is 14.1. The summed E-state index contributed by atoms with van der Waals surface area (Å²) in [5.74, 6) is 0.0170. The Balaban J connectivity index is 1.45. The van der Waals surface area contributed by atoms with Gasteiger partial charge in [0, 0.05) is 47.4 Å². The van der Waals surface area contributed by atoms with Gasteiger partial charge in [0.15, 0.2) is 0 Å². The number of benzene rings is 3. The number of nitrogens with one attached hydrogen (secondary N) is 1. The van der Waals surface area contributed by atoms with Crippen LogP contribution in [0.2, 0.25) is 0 Å². The zero-order chi connectivity index (χ0) is 24.9. The van der Waals surface area contributed by atoms with E-state index in [-0.39, 0.29) is 23.2 Å². The minimum Gasteiger partial charge on any atom is -0.368 e. The Morgan fingerprint density at radius 2 is 1.86 bits per heavy atom. The van der Waals surface area contributed by atoms with E-state index in [9.17, 15) is 9.59 Å². The van der Waals surface area contributed by atoms with Crippen molar-refractivity contribution in [1.82, 2.24) is 9.97 Å². The fourth-order valence-electron chi connectivity index (χ4n) is 4.74. The lowest BCUT2D eigenvalue weighted by Gasteiger charge is -2.19. The van der Waals surface area contributed by atoms with Crippen LogP contribution in [0.5, 0.6) is 0 Å². The Kier molecular flexibility index (Phi) is 5.28. The molecule has 0 spiro atoms. The molecule has 4 aromatic rings. The smallest absolute Gasteiger partial charge is 0.255 e. The van der Waals surface area contributed by atoms with E-state index in [4.69, 9.17) is 5.73 Å². The maximum atomic E-state index is 13.2. The molecular formula is C28H27N5O2. The van der Waals surface area contributed by atoms with E-state index in [0.29, 0.717) is 17.8 Å². The summed E-state index contributed by atoms with van der Waals surface area (Å²) in [5.41, 5.74) is 12.5. The number of hydrogen-bond acceptors (Lipinski definition) is 5. The molecule has 0 saturated heterocycles. The van der Waals surface area contributed by atoms with Gasteiger partial charge in [-0.1, -0.05) is 32.0 Å². The maximum Gasteiger partial charge on any atom is 0.255 e. The molecule has 1 aliphatic heterocycles. The summed E-state index contributed by atoms with van der Waals surface area (Å²) < 4.78 is 0. The van der Waals surface area contributed by atoms with Crippen molar-refractivity contribution < 1.29 is 9.59 Å². The number of nitrogens with zero attached hydrogens (tertiary/aromatic N) is 3. The van der Waals surface area contributed by atoms with Crippen LogP contribution < -0.4 is 16.0 Å². The maximum absolute atomic E-state index is 13.2. The van der Waals surface area contributed by atoms with Crippen LogP contribution in [0.15, 0.2) is 60.8 Å². The van der Waals surface area contributed by atoms with Gasteiger partial charge in [-0.3, -0.25) is 9.59 Å². The third-order valence-corrected chi connectivity index (χ3v) is 6.62. The van der Waals surface area contributed by atoms with E-state index >= 15 is 0 Å². The summed E-state index contributed by atoms with van der Waals surface area (Å²) in [7, 11) is 0. The molecule has 2 amide bonds. The van der Waals surface area contributed by atoms with Gasteiger partial charge in [-0.05, 0) is 65.6 Å². The van der Waals surface area contributed by atoms with Crippen molar-refractivity contribution in [2.75, 3.05) is 22.5 Å². The van der Waals surface area contributed by atoms with Gasteiger partial charge in [-0.15, -0.1) is 0 Å². The van der Waals surface area contributed by atoms with Crippen molar-refractivity contribution in [3.8, 4) is 11.1 Å². The van der Waals surface area contributed by atoms with Gasteiger partial charge >= 0.3 is 0 Å². The molecule has 3 N–H and O–H groups in total. The molecule has 0 atom stereocenters. The van der Waals surface area contributed by atoms with Crippen molar-refractivity contribution in [2.45, 2.75) is 33.1 Å². The van der Waals surface area contributed by atoms with Gasteiger partial charge in [0.25, 0.3) is 5.91 Å². The molecule has 3 aromatic carbocycles. The van der Waals surface area contributed by atoms with Crippen LogP contribution in [0.4, 0.5) is 17.3 Å². The minimum absolute atomic E-state index is 0.00745. The lowest BCUT2D eigenvalue weighted by atomic mass is 9.87.